The van der Waals surface area contributed by atoms with Crippen molar-refractivity contribution in [1.29, 1.82) is 0 Å². The van der Waals surface area contributed by atoms with E-state index in [2.05, 4.69) is 62.4 Å². The molecule has 1 unspecified atom stereocenters. The van der Waals surface area contributed by atoms with Crippen LogP contribution in [-0.2, 0) is 0 Å². The van der Waals surface area contributed by atoms with E-state index < -0.39 is 0 Å². The van der Waals surface area contributed by atoms with Crippen LogP contribution in [0.15, 0.2) is 34.9 Å². The summed E-state index contributed by atoms with van der Waals surface area (Å²) in [6, 6.07) is 8.33. The van der Waals surface area contributed by atoms with Gasteiger partial charge in [-0.3, -0.25) is 4.98 Å². The summed E-state index contributed by atoms with van der Waals surface area (Å²) in [6.45, 7) is 2.74. The van der Waals surface area contributed by atoms with Crippen LogP contribution in [0.4, 0.5) is 5.69 Å². The first-order chi connectivity index (χ1) is 10.1. The van der Waals surface area contributed by atoms with Crippen LogP contribution in [-0.4, -0.2) is 42.1 Å². The molecule has 1 atom stereocenters. The lowest BCUT2D eigenvalue weighted by Crippen LogP contribution is -2.56. The lowest BCUT2D eigenvalue weighted by molar-refractivity contribution is 0.198. The van der Waals surface area contributed by atoms with Crippen molar-refractivity contribution in [2.75, 3.05) is 32.0 Å². The number of fused-ring (bicyclic) bond motifs is 1. The number of aromatic nitrogens is 1. The number of hydrogen-bond acceptors (Lipinski definition) is 4. The highest BCUT2D eigenvalue weighted by molar-refractivity contribution is 9.10. The van der Waals surface area contributed by atoms with Crippen molar-refractivity contribution >= 4 is 32.5 Å². The van der Waals surface area contributed by atoms with Gasteiger partial charge in [-0.25, -0.2) is 0 Å². The van der Waals surface area contributed by atoms with Crippen LogP contribution in [0, 0.1) is 0 Å². The maximum absolute atomic E-state index is 6.10. The van der Waals surface area contributed by atoms with Crippen LogP contribution in [0.5, 0.6) is 0 Å². The first-order valence-corrected chi connectivity index (χ1v) is 8.12. The van der Waals surface area contributed by atoms with Crippen molar-refractivity contribution in [1.82, 2.24) is 9.88 Å². The summed E-state index contributed by atoms with van der Waals surface area (Å²) in [6.07, 6.45) is 4.11. The Morgan fingerprint density at radius 1 is 1.48 bits per heavy atom. The number of halogens is 1. The molecule has 0 radical (unpaired) electrons. The molecule has 0 bridgehead atoms. The van der Waals surface area contributed by atoms with Crippen molar-refractivity contribution in [3.05, 3.63) is 34.9 Å². The average molecular weight is 349 g/mol. The highest BCUT2D eigenvalue weighted by Crippen LogP contribution is 2.29. The van der Waals surface area contributed by atoms with Crippen LogP contribution in [0.1, 0.15) is 12.8 Å². The van der Waals surface area contributed by atoms with Gasteiger partial charge in [0.05, 0.1) is 16.7 Å². The number of nitrogens with zero attached hydrogens (tertiary/aromatic N) is 2. The van der Waals surface area contributed by atoms with Crippen LogP contribution in [0.2, 0.25) is 0 Å². The molecule has 3 N–H and O–H groups in total. The number of piperidine rings is 1. The molecule has 1 fully saturated rings. The van der Waals surface area contributed by atoms with Gasteiger partial charge in [0.15, 0.2) is 0 Å². The molecule has 112 valence electrons. The van der Waals surface area contributed by atoms with E-state index in [9.17, 15) is 0 Å². The molecule has 1 saturated heterocycles. The number of rotatable bonds is 3. The quantitative estimate of drug-likeness (QED) is 0.895. The lowest BCUT2D eigenvalue weighted by Gasteiger charge is -2.42. The summed E-state index contributed by atoms with van der Waals surface area (Å²) in [5.41, 5.74) is 8.11. The number of hydrogen-bond donors (Lipinski definition) is 2. The van der Waals surface area contributed by atoms with E-state index in [0.717, 1.165) is 40.6 Å². The van der Waals surface area contributed by atoms with Crippen LogP contribution < -0.4 is 11.1 Å². The first-order valence-electron chi connectivity index (χ1n) is 7.33. The molecular formula is C16H21BrN4. The van der Waals surface area contributed by atoms with Gasteiger partial charge in [0.25, 0.3) is 0 Å². The predicted molar refractivity (Wildman–Crippen MR) is 91.6 cm³/mol. The van der Waals surface area contributed by atoms with Gasteiger partial charge in [-0.15, -0.1) is 0 Å². The molecule has 0 aliphatic carbocycles. The molecule has 1 aromatic heterocycles. The van der Waals surface area contributed by atoms with Gasteiger partial charge in [0, 0.05) is 29.1 Å². The molecule has 5 heteroatoms. The number of likely N-dealkylation sites (N-methyl/N-ethyl adjacent to an activating group) is 1. The number of pyridine rings is 1. The molecule has 0 saturated carbocycles. The van der Waals surface area contributed by atoms with Crippen LogP contribution in [0.3, 0.4) is 0 Å². The summed E-state index contributed by atoms with van der Waals surface area (Å²) >= 11 is 3.48. The zero-order valence-corrected chi connectivity index (χ0v) is 13.9. The van der Waals surface area contributed by atoms with Gasteiger partial charge >= 0.3 is 0 Å². The Morgan fingerprint density at radius 3 is 3.10 bits per heavy atom. The Morgan fingerprint density at radius 2 is 2.33 bits per heavy atom. The van der Waals surface area contributed by atoms with Gasteiger partial charge < -0.3 is 16.0 Å². The normalized spacial score (nSPS) is 23.4. The molecule has 3 rings (SSSR count). The van der Waals surface area contributed by atoms with E-state index >= 15 is 0 Å². The number of anilines is 1. The van der Waals surface area contributed by atoms with Crippen molar-refractivity contribution in [3.8, 4) is 0 Å². The third kappa shape index (κ3) is 3.05. The Kier molecular flexibility index (Phi) is 4.15. The SMILES string of the molecule is CN1CCCC(CN)(Nc2cccc3cc(Br)cnc23)C1. The zero-order valence-electron chi connectivity index (χ0n) is 12.3. The topological polar surface area (TPSA) is 54.2 Å². The third-order valence-corrected chi connectivity index (χ3v) is 4.67. The van der Waals surface area contributed by atoms with Crippen molar-refractivity contribution in [2.45, 2.75) is 18.4 Å². The Bertz CT molecular complexity index is 645. The molecule has 2 heterocycles. The van der Waals surface area contributed by atoms with E-state index in [1.807, 2.05) is 6.20 Å². The maximum Gasteiger partial charge on any atom is 0.0934 e. The van der Waals surface area contributed by atoms with E-state index in [0.29, 0.717) is 6.54 Å². The fourth-order valence-electron chi connectivity index (χ4n) is 3.20. The fourth-order valence-corrected chi connectivity index (χ4v) is 3.55. The number of nitrogens with two attached hydrogens (primary N) is 1. The molecule has 0 spiro atoms. The molecule has 1 aliphatic rings. The zero-order chi connectivity index (χ0) is 14.9. The third-order valence-electron chi connectivity index (χ3n) is 4.24. The number of likely N-dealkylation sites (tertiary alicyclic amines) is 1. The molecular weight excluding hydrogens is 328 g/mol. The summed E-state index contributed by atoms with van der Waals surface area (Å²) < 4.78 is 0.998. The monoisotopic (exact) mass is 348 g/mol. The summed E-state index contributed by atoms with van der Waals surface area (Å²) in [4.78, 5) is 6.91. The second kappa shape index (κ2) is 5.91. The number of benzene rings is 1. The maximum atomic E-state index is 6.10. The summed E-state index contributed by atoms with van der Waals surface area (Å²) in [5, 5.41) is 4.82. The molecule has 1 aromatic carbocycles. The van der Waals surface area contributed by atoms with Gasteiger partial charge in [0.2, 0.25) is 0 Å². The minimum absolute atomic E-state index is 0.0595. The van der Waals surface area contributed by atoms with Crippen LogP contribution >= 0.6 is 15.9 Å². The Labute approximate surface area is 133 Å². The molecule has 1 aliphatic heterocycles. The van der Waals surface area contributed by atoms with E-state index in [-0.39, 0.29) is 5.54 Å². The van der Waals surface area contributed by atoms with Crippen molar-refractivity contribution in [3.63, 3.8) is 0 Å². The number of para-hydroxylation sites is 1. The van der Waals surface area contributed by atoms with Crippen LogP contribution in [0.25, 0.3) is 10.9 Å². The second-order valence-electron chi connectivity index (χ2n) is 5.98. The first kappa shape index (κ1) is 14.8. The molecule has 21 heavy (non-hydrogen) atoms. The van der Waals surface area contributed by atoms with Gasteiger partial charge in [-0.05, 0) is 54.5 Å². The van der Waals surface area contributed by atoms with Gasteiger partial charge in [-0.2, -0.15) is 0 Å². The summed E-state index contributed by atoms with van der Waals surface area (Å²) in [5.74, 6) is 0. The van der Waals surface area contributed by atoms with Gasteiger partial charge in [-0.1, -0.05) is 12.1 Å². The highest BCUT2D eigenvalue weighted by atomic mass is 79.9. The van der Waals surface area contributed by atoms with E-state index in [4.69, 9.17) is 5.73 Å². The molecule has 0 amide bonds. The van der Waals surface area contributed by atoms with Gasteiger partial charge in [0.1, 0.15) is 0 Å². The largest absolute Gasteiger partial charge is 0.375 e. The minimum Gasteiger partial charge on any atom is -0.375 e. The standard InChI is InChI=1S/C16H21BrN4/c1-21-7-3-6-16(10-18,11-21)20-14-5-2-4-12-8-13(17)9-19-15(12)14/h2,4-5,8-9,20H,3,6-7,10-11,18H2,1H3. The van der Waals surface area contributed by atoms with E-state index in [1.54, 1.807) is 0 Å². The second-order valence-corrected chi connectivity index (χ2v) is 6.90. The molecule has 2 aromatic rings. The summed E-state index contributed by atoms with van der Waals surface area (Å²) in [7, 11) is 2.16. The molecule has 4 nitrogen and oxygen atoms in total. The lowest BCUT2D eigenvalue weighted by atomic mass is 9.88. The number of nitrogens with one attached hydrogen (secondary N) is 1. The average Bonchev–Trinajstić information content (AvgIpc) is 2.47. The van der Waals surface area contributed by atoms with E-state index in [1.165, 1.54) is 6.42 Å². The fraction of sp³-hybridized carbons (Fsp3) is 0.438. The smallest absolute Gasteiger partial charge is 0.0934 e. The van der Waals surface area contributed by atoms with Crippen molar-refractivity contribution in [2.24, 2.45) is 5.73 Å². The Balaban J connectivity index is 1.96. The minimum atomic E-state index is -0.0595. The van der Waals surface area contributed by atoms with Crippen molar-refractivity contribution < 1.29 is 0 Å². The Hall–Kier alpha value is -1.17. The predicted octanol–water partition coefficient (Wildman–Crippen LogP) is 2.83. The highest BCUT2D eigenvalue weighted by Gasteiger charge is 2.33.